The summed E-state index contributed by atoms with van der Waals surface area (Å²) in [6.45, 7) is 0. The number of hydrogen-bond donors (Lipinski definition) is 1. The molecule has 18 heavy (non-hydrogen) atoms. The molecular formula is C13H8BrClO3. The van der Waals surface area contributed by atoms with Crippen LogP contribution >= 0.6 is 27.5 Å². The van der Waals surface area contributed by atoms with Crippen LogP contribution < -0.4 is 4.74 Å². The molecule has 2 aromatic rings. The van der Waals surface area contributed by atoms with Crippen molar-refractivity contribution in [2.75, 3.05) is 0 Å². The van der Waals surface area contributed by atoms with Crippen molar-refractivity contribution in [3.63, 3.8) is 0 Å². The zero-order chi connectivity index (χ0) is 13.1. The monoisotopic (exact) mass is 326 g/mol. The molecule has 0 aromatic heterocycles. The molecule has 0 aliphatic rings. The molecule has 1 N–H and O–H groups in total. The van der Waals surface area contributed by atoms with Gasteiger partial charge in [-0.05, 0) is 30.3 Å². The van der Waals surface area contributed by atoms with Crippen LogP contribution in [0.5, 0.6) is 11.5 Å². The lowest BCUT2D eigenvalue weighted by Gasteiger charge is -2.09. The minimum Gasteiger partial charge on any atom is -0.478 e. The van der Waals surface area contributed by atoms with Crippen LogP contribution in [-0.2, 0) is 0 Å². The second-order valence-corrected chi connectivity index (χ2v) is 4.80. The number of hydrogen-bond acceptors (Lipinski definition) is 2. The van der Waals surface area contributed by atoms with Crippen LogP contribution in [0.3, 0.4) is 0 Å². The largest absolute Gasteiger partial charge is 0.478 e. The molecule has 0 radical (unpaired) electrons. The molecule has 0 unspecified atom stereocenters. The lowest BCUT2D eigenvalue weighted by molar-refractivity contribution is 0.0694. The standard InChI is InChI=1S/C13H8BrClO3/c14-8-3-1-4-9(7-8)18-11-6-2-5-10(15)12(11)13(16)17/h1-7H,(H,16,17). The Bertz CT molecular complexity index is 599. The van der Waals surface area contributed by atoms with E-state index >= 15 is 0 Å². The van der Waals surface area contributed by atoms with Gasteiger partial charge in [-0.25, -0.2) is 4.79 Å². The summed E-state index contributed by atoms with van der Waals surface area (Å²) in [6.07, 6.45) is 0. The van der Waals surface area contributed by atoms with Crippen molar-refractivity contribution in [2.45, 2.75) is 0 Å². The smallest absolute Gasteiger partial charge is 0.341 e. The van der Waals surface area contributed by atoms with Gasteiger partial charge in [0.2, 0.25) is 0 Å². The molecule has 3 nitrogen and oxygen atoms in total. The Morgan fingerprint density at radius 2 is 1.94 bits per heavy atom. The molecule has 0 atom stereocenters. The average molecular weight is 328 g/mol. The Hall–Kier alpha value is -1.52. The lowest BCUT2D eigenvalue weighted by atomic mass is 10.2. The summed E-state index contributed by atoms with van der Waals surface area (Å²) in [5.74, 6) is -0.368. The van der Waals surface area contributed by atoms with Gasteiger partial charge in [-0.3, -0.25) is 0 Å². The molecule has 0 aliphatic carbocycles. The molecule has 0 heterocycles. The average Bonchev–Trinajstić information content (AvgIpc) is 2.28. The predicted octanol–water partition coefficient (Wildman–Crippen LogP) is 4.59. The van der Waals surface area contributed by atoms with Crippen LogP contribution in [0.1, 0.15) is 10.4 Å². The first kappa shape index (κ1) is 12.9. The van der Waals surface area contributed by atoms with E-state index in [0.29, 0.717) is 5.75 Å². The van der Waals surface area contributed by atoms with Crippen molar-refractivity contribution in [2.24, 2.45) is 0 Å². The molecule has 2 rings (SSSR count). The third-order valence-corrected chi connectivity index (χ3v) is 3.02. The van der Waals surface area contributed by atoms with Crippen LogP contribution in [0.4, 0.5) is 0 Å². The van der Waals surface area contributed by atoms with Crippen molar-refractivity contribution >= 4 is 33.5 Å². The fraction of sp³-hybridized carbons (Fsp3) is 0. The third-order valence-electron chi connectivity index (χ3n) is 2.21. The SMILES string of the molecule is O=C(O)c1c(Cl)cccc1Oc1cccc(Br)c1. The number of rotatable bonds is 3. The lowest BCUT2D eigenvalue weighted by Crippen LogP contribution is -2.01. The van der Waals surface area contributed by atoms with Gasteiger partial charge >= 0.3 is 5.97 Å². The van der Waals surface area contributed by atoms with E-state index in [4.69, 9.17) is 21.4 Å². The van der Waals surface area contributed by atoms with Gasteiger partial charge in [-0.2, -0.15) is 0 Å². The molecule has 0 fully saturated rings. The molecule has 0 spiro atoms. The topological polar surface area (TPSA) is 46.5 Å². The Labute approximate surface area is 117 Å². The van der Waals surface area contributed by atoms with Gasteiger partial charge < -0.3 is 9.84 Å². The van der Waals surface area contributed by atoms with Crippen molar-refractivity contribution in [1.29, 1.82) is 0 Å². The zero-order valence-electron chi connectivity index (χ0n) is 9.06. The summed E-state index contributed by atoms with van der Waals surface area (Å²) < 4.78 is 6.38. The predicted molar refractivity (Wildman–Crippen MR) is 72.6 cm³/mol. The highest BCUT2D eigenvalue weighted by Crippen LogP contribution is 2.31. The zero-order valence-corrected chi connectivity index (χ0v) is 11.4. The highest BCUT2D eigenvalue weighted by atomic mass is 79.9. The van der Waals surface area contributed by atoms with E-state index in [1.165, 1.54) is 6.07 Å². The molecule has 0 amide bonds. The molecular weight excluding hydrogens is 319 g/mol. The van der Waals surface area contributed by atoms with Crippen molar-refractivity contribution in [3.05, 3.63) is 57.5 Å². The Kier molecular flexibility index (Phi) is 3.89. The fourth-order valence-electron chi connectivity index (χ4n) is 1.45. The molecule has 92 valence electrons. The van der Waals surface area contributed by atoms with E-state index in [9.17, 15) is 4.79 Å². The van der Waals surface area contributed by atoms with Gasteiger partial charge in [0.1, 0.15) is 17.1 Å². The van der Waals surface area contributed by atoms with Gasteiger partial charge in [-0.1, -0.05) is 39.7 Å². The van der Waals surface area contributed by atoms with Gasteiger partial charge in [0, 0.05) is 4.47 Å². The van der Waals surface area contributed by atoms with Gasteiger partial charge in [0.25, 0.3) is 0 Å². The molecule has 0 aliphatic heterocycles. The van der Waals surface area contributed by atoms with Crippen molar-refractivity contribution in [3.8, 4) is 11.5 Å². The summed E-state index contributed by atoms with van der Waals surface area (Å²) in [5.41, 5.74) is -0.0425. The highest BCUT2D eigenvalue weighted by Gasteiger charge is 2.16. The molecule has 2 aromatic carbocycles. The number of benzene rings is 2. The minimum atomic E-state index is -1.12. The molecule has 0 saturated carbocycles. The van der Waals surface area contributed by atoms with Gasteiger partial charge in [0.05, 0.1) is 5.02 Å². The van der Waals surface area contributed by atoms with Crippen LogP contribution in [0.15, 0.2) is 46.9 Å². The quantitative estimate of drug-likeness (QED) is 0.896. The Balaban J connectivity index is 2.40. The number of ether oxygens (including phenoxy) is 1. The maximum atomic E-state index is 11.1. The van der Waals surface area contributed by atoms with Crippen LogP contribution in [-0.4, -0.2) is 11.1 Å². The normalized spacial score (nSPS) is 10.1. The van der Waals surface area contributed by atoms with Crippen LogP contribution in [0.25, 0.3) is 0 Å². The number of carbonyl (C=O) groups is 1. The maximum absolute atomic E-state index is 11.1. The van der Waals surface area contributed by atoms with Gasteiger partial charge in [0.15, 0.2) is 0 Å². The second kappa shape index (κ2) is 5.42. The minimum absolute atomic E-state index is 0.0425. The van der Waals surface area contributed by atoms with Crippen LogP contribution in [0.2, 0.25) is 5.02 Å². The number of halogens is 2. The molecule has 5 heteroatoms. The fourth-order valence-corrected chi connectivity index (χ4v) is 2.08. The molecule has 0 saturated heterocycles. The maximum Gasteiger partial charge on any atom is 0.341 e. The summed E-state index contributed by atoms with van der Waals surface area (Å²) in [4.78, 5) is 11.1. The summed E-state index contributed by atoms with van der Waals surface area (Å²) in [6, 6.07) is 11.8. The first-order valence-electron chi connectivity index (χ1n) is 5.03. The first-order chi connectivity index (χ1) is 8.58. The van der Waals surface area contributed by atoms with E-state index in [0.717, 1.165) is 4.47 Å². The van der Waals surface area contributed by atoms with Gasteiger partial charge in [-0.15, -0.1) is 0 Å². The van der Waals surface area contributed by atoms with E-state index in [-0.39, 0.29) is 16.3 Å². The third kappa shape index (κ3) is 2.83. The van der Waals surface area contributed by atoms with Crippen molar-refractivity contribution < 1.29 is 14.6 Å². The first-order valence-corrected chi connectivity index (χ1v) is 6.20. The summed E-state index contributed by atoms with van der Waals surface area (Å²) in [7, 11) is 0. The van der Waals surface area contributed by atoms with Crippen molar-refractivity contribution in [1.82, 2.24) is 0 Å². The summed E-state index contributed by atoms with van der Waals surface area (Å²) >= 11 is 9.17. The van der Waals surface area contributed by atoms with E-state index in [2.05, 4.69) is 15.9 Å². The summed E-state index contributed by atoms with van der Waals surface area (Å²) in [5, 5.41) is 9.25. The molecule has 0 bridgehead atoms. The van der Waals surface area contributed by atoms with E-state index in [1.807, 2.05) is 6.07 Å². The van der Waals surface area contributed by atoms with E-state index < -0.39 is 5.97 Å². The highest BCUT2D eigenvalue weighted by molar-refractivity contribution is 9.10. The van der Waals surface area contributed by atoms with E-state index in [1.54, 1.807) is 30.3 Å². The second-order valence-electron chi connectivity index (χ2n) is 3.48. The number of carboxylic acids is 1. The Morgan fingerprint density at radius 1 is 1.22 bits per heavy atom. The Morgan fingerprint density at radius 3 is 2.61 bits per heavy atom. The van der Waals surface area contributed by atoms with Crippen LogP contribution in [0, 0.1) is 0 Å². The number of carboxylic acid groups (broad SMARTS) is 1. The number of aromatic carboxylic acids is 1.